The number of halogens is 2. The highest BCUT2D eigenvalue weighted by Crippen LogP contribution is 2.48. The minimum Gasteiger partial charge on any atom is -0.444 e. The topological polar surface area (TPSA) is 113 Å². The van der Waals surface area contributed by atoms with Gasteiger partial charge in [-0.3, -0.25) is 14.9 Å². The number of benzene rings is 1. The Balaban J connectivity index is 1.70. The number of sulfone groups is 1. The molecule has 1 aromatic carbocycles. The Hall–Kier alpha value is -2.71. The molecule has 0 aromatic heterocycles. The van der Waals surface area contributed by atoms with Crippen molar-refractivity contribution in [3.05, 3.63) is 29.8 Å². The van der Waals surface area contributed by atoms with Crippen LogP contribution < -0.4 is 10.4 Å². The van der Waals surface area contributed by atoms with E-state index < -0.39 is 44.5 Å². The predicted octanol–water partition coefficient (Wildman–Crippen LogP) is 1.72. The molecule has 8 nitrogen and oxygen atoms in total. The summed E-state index contributed by atoms with van der Waals surface area (Å²) in [6.45, 7) is 1.13. The van der Waals surface area contributed by atoms with Crippen LogP contribution in [0, 0.1) is 17.8 Å². The molecule has 1 aliphatic heterocycles. The number of alkyl halides is 2. The van der Waals surface area contributed by atoms with E-state index in [-0.39, 0.29) is 19.4 Å². The molecule has 1 saturated heterocycles. The summed E-state index contributed by atoms with van der Waals surface area (Å²) in [4.78, 5) is 25.4. The first kappa shape index (κ1) is 22.0. The van der Waals surface area contributed by atoms with Crippen LogP contribution in [0.5, 0.6) is 0 Å². The molecule has 11 heteroatoms. The van der Waals surface area contributed by atoms with Gasteiger partial charge in [0, 0.05) is 30.3 Å². The summed E-state index contributed by atoms with van der Waals surface area (Å²) in [5.41, 5.74) is 2.29. The second-order valence-corrected chi connectivity index (χ2v) is 10.0. The van der Waals surface area contributed by atoms with E-state index in [2.05, 4.69) is 11.8 Å². The second-order valence-electron chi connectivity index (χ2n) is 7.60. The molecule has 0 spiro atoms. The third-order valence-electron chi connectivity index (χ3n) is 5.29. The number of carbonyl (C=O) groups is 2. The summed E-state index contributed by atoms with van der Waals surface area (Å²) in [5, 5.41) is 8.89. The molecule has 1 unspecified atom stereocenters. The largest absolute Gasteiger partial charge is 0.444 e. The molecule has 1 saturated carbocycles. The Bertz CT molecular complexity index is 1030. The van der Waals surface area contributed by atoms with Crippen LogP contribution in [-0.4, -0.2) is 55.2 Å². The van der Waals surface area contributed by atoms with Gasteiger partial charge >= 0.3 is 6.09 Å². The van der Waals surface area contributed by atoms with Crippen LogP contribution in [0.15, 0.2) is 24.3 Å². The Labute approximate surface area is 172 Å². The normalized spacial score (nSPS) is 24.3. The lowest BCUT2D eigenvalue weighted by molar-refractivity contribution is -0.132. The standard InChI is InChI=1S/C19H20F2N2O6S/c1-18(16(24)22-26,30(2,27)28)10-15-11-23(17(25)29-15)14-7-4-12(5-8-14)3-6-13-9-19(13,20)21/h4-5,7-8,13,15,26H,9-11H2,1-2H3,(H,22,24)/t13?,15-,18+/m0/s1. The molecular formula is C19H20F2N2O6S. The highest BCUT2D eigenvalue weighted by Gasteiger charge is 2.56. The number of hydroxylamine groups is 1. The summed E-state index contributed by atoms with van der Waals surface area (Å²) in [6.07, 6.45) is -1.36. The predicted molar refractivity (Wildman–Crippen MR) is 102 cm³/mol. The van der Waals surface area contributed by atoms with Gasteiger partial charge in [-0.1, -0.05) is 11.8 Å². The maximum absolute atomic E-state index is 12.9. The van der Waals surface area contributed by atoms with Gasteiger partial charge in [-0.2, -0.15) is 0 Å². The zero-order valence-corrected chi connectivity index (χ0v) is 17.0. The zero-order valence-electron chi connectivity index (χ0n) is 16.2. The number of rotatable bonds is 5. The molecule has 30 heavy (non-hydrogen) atoms. The minimum absolute atomic E-state index is 0.0119. The van der Waals surface area contributed by atoms with Crippen molar-refractivity contribution in [2.24, 2.45) is 5.92 Å². The van der Waals surface area contributed by atoms with Crippen LogP contribution >= 0.6 is 0 Å². The molecule has 1 aromatic rings. The van der Waals surface area contributed by atoms with Crippen molar-refractivity contribution in [1.29, 1.82) is 0 Å². The summed E-state index contributed by atoms with van der Waals surface area (Å²) >= 11 is 0. The molecule has 3 atom stereocenters. The van der Waals surface area contributed by atoms with Gasteiger partial charge in [0.1, 0.15) is 6.10 Å². The smallest absolute Gasteiger partial charge is 0.414 e. The van der Waals surface area contributed by atoms with Crippen LogP contribution in [0.1, 0.15) is 25.3 Å². The SMILES string of the molecule is C[C@@](C[C@H]1CN(c2ccc(C#CC3CC3(F)F)cc2)C(=O)O1)(C(=O)NO)S(C)(=O)=O. The number of nitrogens with zero attached hydrogens (tertiary/aromatic N) is 1. The van der Waals surface area contributed by atoms with Crippen molar-refractivity contribution < 1.29 is 36.7 Å². The van der Waals surface area contributed by atoms with Gasteiger partial charge in [0.05, 0.1) is 12.5 Å². The van der Waals surface area contributed by atoms with Crippen molar-refractivity contribution >= 4 is 27.5 Å². The fourth-order valence-electron chi connectivity index (χ4n) is 3.07. The van der Waals surface area contributed by atoms with E-state index in [4.69, 9.17) is 9.94 Å². The van der Waals surface area contributed by atoms with Crippen molar-refractivity contribution in [3.8, 4) is 11.8 Å². The van der Waals surface area contributed by atoms with Crippen LogP contribution in [0.4, 0.5) is 19.3 Å². The average molecular weight is 442 g/mol. The zero-order chi connectivity index (χ0) is 22.3. The van der Waals surface area contributed by atoms with E-state index in [0.29, 0.717) is 11.3 Å². The number of hydrogen-bond acceptors (Lipinski definition) is 6. The first-order valence-electron chi connectivity index (χ1n) is 8.99. The lowest BCUT2D eigenvalue weighted by atomic mass is 10.0. The third kappa shape index (κ3) is 4.24. The van der Waals surface area contributed by atoms with Crippen LogP contribution in [0.3, 0.4) is 0 Å². The van der Waals surface area contributed by atoms with Gasteiger partial charge < -0.3 is 4.74 Å². The van der Waals surface area contributed by atoms with Gasteiger partial charge in [-0.05, 0) is 31.2 Å². The first-order valence-corrected chi connectivity index (χ1v) is 10.9. The molecule has 2 N–H and O–H groups in total. The molecule has 0 bridgehead atoms. The number of cyclic esters (lactones) is 1. The van der Waals surface area contributed by atoms with E-state index >= 15 is 0 Å². The summed E-state index contributed by atoms with van der Waals surface area (Å²) in [5.74, 6) is 0.411. The molecule has 162 valence electrons. The molecular weight excluding hydrogens is 422 g/mol. The van der Waals surface area contributed by atoms with Crippen LogP contribution in [0.25, 0.3) is 0 Å². The number of hydrogen-bond donors (Lipinski definition) is 2. The lowest BCUT2D eigenvalue weighted by Crippen LogP contribution is -2.51. The van der Waals surface area contributed by atoms with Gasteiger partial charge in [-0.25, -0.2) is 27.5 Å². The monoisotopic (exact) mass is 442 g/mol. The van der Waals surface area contributed by atoms with Crippen LogP contribution in [-0.2, 0) is 19.4 Å². The molecule has 1 aliphatic carbocycles. The average Bonchev–Trinajstić information content (AvgIpc) is 3.12. The van der Waals surface area contributed by atoms with Gasteiger partial charge in [0.25, 0.3) is 11.8 Å². The highest BCUT2D eigenvalue weighted by molar-refractivity contribution is 7.92. The van der Waals surface area contributed by atoms with E-state index in [1.807, 2.05) is 0 Å². The van der Waals surface area contributed by atoms with Crippen molar-refractivity contribution in [3.63, 3.8) is 0 Å². The number of amides is 2. The molecule has 2 fully saturated rings. The van der Waals surface area contributed by atoms with Gasteiger partial charge in [0.15, 0.2) is 14.6 Å². The summed E-state index contributed by atoms with van der Waals surface area (Å²) in [6, 6.07) is 6.27. The number of ether oxygens (including phenoxy) is 1. The summed E-state index contributed by atoms with van der Waals surface area (Å²) < 4.78 is 53.1. The molecule has 0 radical (unpaired) electrons. The Morgan fingerprint density at radius 1 is 1.40 bits per heavy atom. The Morgan fingerprint density at radius 2 is 2.00 bits per heavy atom. The maximum atomic E-state index is 12.9. The minimum atomic E-state index is -3.94. The van der Waals surface area contributed by atoms with E-state index in [9.17, 15) is 26.8 Å². The Morgan fingerprint density at radius 3 is 2.50 bits per heavy atom. The molecule has 3 rings (SSSR count). The van der Waals surface area contributed by atoms with Crippen LogP contribution in [0.2, 0.25) is 0 Å². The van der Waals surface area contributed by atoms with Crippen molar-refractivity contribution in [1.82, 2.24) is 5.48 Å². The quantitative estimate of drug-likeness (QED) is 0.408. The summed E-state index contributed by atoms with van der Waals surface area (Å²) in [7, 11) is -3.94. The number of carbonyl (C=O) groups excluding carboxylic acids is 2. The second kappa shape index (κ2) is 7.52. The lowest BCUT2D eigenvalue weighted by Gasteiger charge is -2.26. The van der Waals surface area contributed by atoms with Gasteiger partial charge in [-0.15, -0.1) is 0 Å². The number of nitrogens with one attached hydrogen (secondary N) is 1. The van der Waals surface area contributed by atoms with Gasteiger partial charge in [0.2, 0.25) is 0 Å². The van der Waals surface area contributed by atoms with Crippen molar-refractivity contribution in [2.45, 2.75) is 36.5 Å². The highest BCUT2D eigenvalue weighted by atomic mass is 32.2. The fraction of sp³-hybridized carbons (Fsp3) is 0.474. The third-order valence-corrected chi connectivity index (χ3v) is 7.28. The number of anilines is 1. The van der Waals surface area contributed by atoms with E-state index in [1.54, 1.807) is 24.3 Å². The first-order chi connectivity index (χ1) is 13.9. The van der Waals surface area contributed by atoms with E-state index in [1.165, 1.54) is 10.4 Å². The molecule has 2 amide bonds. The molecule has 2 aliphatic rings. The van der Waals surface area contributed by atoms with E-state index in [0.717, 1.165) is 13.2 Å². The molecule has 1 heterocycles. The van der Waals surface area contributed by atoms with Crippen molar-refractivity contribution in [2.75, 3.05) is 17.7 Å². The maximum Gasteiger partial charge on any atom is 0.414 e. The fourth-order valence-corrected chi connectivity index (χ4v) is 3.94. The Kier molecular flexibility index (Phi) is 5.51.